The first-order valence-electron chi connectivity index (χ1n) is 15.0. The molecule has 0 aromatic carbocycles. The summed E-state index contributed by atoms with van der Waals surface area (Å²) in [5.74, 6) is -0.139. The zero-order valence-electron chi connectivity index (χ0n) is 23.2. The lowest BCUT2D eigenvalue weighted by Crippen LogP contribution is -2.42. The zero-order chi connectivity index (χ0) is 24.5. The molecule has 0 heterocycles. The van der Waals surface area contributed by atoms with Crippen molar-refractivity contribution >= 4 is 5.97 Å². The maximum atomic E-state index is 12.7. The number of hydrogen-bond donors (Lipinski definition) is 0. The molecule has 0 aliphatic carbocycles. The first kappa shape index (κ1) is 32.4. The lowest BCUT2D eigenvalue weighted by Gasteiger charge is -2.30. The van der Waals surface area contributed by atoms with Gasteiger partial charge >= 0.3 is 5.97 Å². The number of carbonyl (C=O) groups excluding carboxylic acids is 1. The quantitative estimate of drug-likeness (QED) is 0.0935. The molecule has 0 aliphatic heterocycles. The van der Waals surface area contributed by atoms with Gasteiger partial charge in [0.15, 0.2) is 5.60 Å². The minimum absolute atomic E-state index is 0.139. The molecule has 0 bridgehead atoms. The molecule has 0 fully saturated rings. The van der Waals surface area contributed by atoms with Gasteiger partial charge in [0.1, 0.15) is 0 Å². The Morgan fingerprint density at radius 3 is 1.33 bits per heavy atom. The Morgan fingerprint density at radius 2 is 0.939 bits per heavy atom. The third-order valence-electron chi connectivity index (χ3n) is 7.03. The SMILES string of the molecule is CCCCCCCCCCCCCCCCCCCC(CC)(OCC)C(=O)OCCCCC. The van der Waals surface area contributed by atoms with Crippen LogP contribution in [0.1, 0.15) is 169 Å². The fourth-order valence-electron chi connectivity index (χ4n) is 4.72. The van der Waals surface area contributed by atoms with Gasteiger partial charge < -0.3 is 9.47 Å². The van der Waals surface area contributed by atoms with Crippen LogP contribution < -0.4 is 0 Å². The van der Waals surface area contributed by atoms with Crippen molar-refractivity contribution in [3.8, 4) is 0 Å². The summed E-state index contributed by atoms with van der Waals surface area (Å²) in [7, 11) is 0. The van der Waals surface area contributed by atoms with Crippen LogP contribution in [-0.4, -0.2) is 24.8 Å². The van der Waals surface area contributed by atoms with Gasteiger partial charge in [-0.05, 0) is 32.6 Å². The molecule has 33 heavy (non-hydrogen) atoms. The van der Waals surface area contributed by atoms with E-state index in [-0.39, 0.29) is 5.97 Å². The minimum Gasteiger partial charge on any atom is -0.464 e. The van der Waals surface area contributed by atoms with Crippen molar-refractivity contribution in [2.75, 3.05) is 13.2 Å². The van der Waals surface area contributed by atoms with Crippen LogP contribution in [0.15, 0.2) is 0 Å². The molecular weight excluding hydrogens is 408 g/mol. The van der Waals surface area contributed by atoms with Gasteiger partial charge in [-0.2, -0.15) is 0 Å². The highest BCUT2D eigenvalue weighted by Gasteiger charge is 2.38. The highest BCUT2D eigenvalue weighted by atomic mass is 16.6. The molecule has 0 saturated carbocycles. The first-order chi connectivity index (χ1) is 16.2. The van der Waals surface area contributed by atoms with Gasteiger partial charge in [-0.1, -0.05) is 136 Å². The van der Waals surface area contributed by atoms with Gasteiger partial charge in [-0.15, -0.1) is 0 Å². The topological polar surface area (TPSA) is 35.5 Å². The highest BCUT2D eigenvalue weighted by molar-refractivity contribution is 5.79. The summed E-state index contributed by atoms with van der Waals surface area (Å²) in [6.45, 7) is 9.57. The number of esters is 1. The Balaban J connectivity index is 3.70. The van der Waals surface area contributed by atoms with Crippen molar-refractivity contribution in [3.63, 3.8) is 0 Å². The first-order valence-corrected chi connectivity index (χ1v) is 15.0. The number of rotatable bonds is 26. The van der Waals surface area contributed by atoms with Crippen molar-refractivity contribution in [2.24, 2.45) is 0 Å². The van der Waals surface area contributed by atoms with E-state index < -0.39 is 5.60 Å². The molecule has 0 amide bonds. The van der Waals surface area contributed by atoms with E-state index >= 15 is 0 Å². The molecule has 0 rings (SSSR count). The molecule has 0 spiro atoms. The van der Waals surface area contributed by atoms with E-state index in [1.54, 1.807) is 0 Å². The summed E-state index contributed by atoms with van der Waals surface area (Å²) in [6, 6.07) is 0. The largest absolute Gasteiger partial charge is 0.464 e. The summed E-state index contributed by atoms with van der Waals surface area (Å²) in [5, 5.41) is 0. The average molecular weight is 469 g/mol. The van der Waals surface area contributed by atoms with Gasteiger partial charge in [-0.25, -0.2) is 4.79 Å². The lowest BCUT2D eigenvalue weighted by atomic mass is 9.92. The van der Waals surface area contributed by atoms with Gasteiger partial charge in [0.2, 0.25) is 0 Å². The van der Waals surface area contributed by atoms with E-state index in [4.69, 9.17) is 9.47 Å². The summed E-state index contributed by atoms with van der Waals surface area (Å²) in [5.41, 5.74) is -0.726. The third-order valence-corrected chi connectivity index (χ3v) is 7.03. The molecular formula is C30H60O3. The molecule has 0 aliphatic rings. The summed E-state index contributed by atoms with van der Waals surface area (Å²) in [6.07, 6.45) is 28.0. The Labute approximate surface area is 208 Å². The fraction of sp³-hybridized carbons (Fsp3) is 0.967. The second-order valence-corrected chi connectivity index (χ2v) is 10.0. The minimum atomic E-state index is -0.726. The van der Waals surface area contributed by atoms with E-state index in [0.29, 0.717) is 19.6 Å². The molecule has 198 valence electrons. The normalized spacial score (nSPS) is 13.2. The van der Waals surface area contributed by atoms with Crippen molar-refractivity contribution < 1.29 is 14.3 Å². The molecule has 1 atom stereocenters. The number of hydrogen-bond acceptors (Lipinski definition) is 3. The standard InChI is InChI=1S/C30H60O3/c1-5-9-11-12-13-14-15-16-17-18-19-20-21-22-23-24-25-27-30(7-3,33-8-4)29(31)32-28-26-10-6-2/h5-28H2,1-4H3. The van der Waals surface area contributed by atoms with E-state index in [1.807, 2.05) is 6.92 Å². The maximum Gasteiger partial charge on any atom is 0.338 e. The van der Waals surface area contributed by atoms with Gasteiger partial charge in [0.05, 0.1) is 6.61 Å². The predicted octanol–water partition coefficient (Wildman–Crippen LogP) is 9.95. The van der Waals surface area contributed by atoms with Crippen LogP contribution in [0.3, 0.4) is 0 Å². The molecule has 0 saturated heterocycles. The van der Waals surface area contributed by atoms with Crippen LogP contribution in [0.4, 0.5) is 0 Å². The van der Waals surface area contributed by atoms with Crippen LogP contribution in [0.5, 0.6) is 0 Å². The molecule has 0 aromatic rings. The Morgan fingerprint density at radius 1 is 0.545 bits per heavy atom. The smallest absolute Gasteiger partial charge is 0.338 e. The zero-order valence-corrected chi connectivity index (χ0v) is 23.2. The van der Waals surface area contributed by atoms with Crippen LogP contribution in [0.25, 0.3) is 0 Å². The van der Waals surface area contributed by atoms with Crippen LogP contribution in [-0.2, 0) is 14.3 Å². The third kappa shape index (κ3) is 18.4. The van der Waals surface area contributed by atoms with E-state index in [0.717, 1.165) is 32.1 Å². The molecule has 3 heteroatoms. The average Bonchev–Trinajstić information content (AvgIpc) is 2.83. The summed E-state index contributed by atoms with van der Waals surface area (Å²) in [4.78, 5) is 12.7. The summed E-state index contributed by atoms with van der Waals surface area (Å²) >= 11 is 0. The Hall–Kier alpha value is -0.570. The van der Waals surface area contributed by atoms with Crippen molar-refractivity contribution in [1.29, 1.82) is 0 Å². The van der Waals surface area contributed by atoms with Crippen molar-refractivity contribution in [3.05, 3.63) is 0 Å². The molecule has 3 nitrogen and oxygen atoms in total. The van der Waals surface area contributed by atoms with Gasteiger partial charge in [0.25, 0.3) is 0 Å². The number of carbonyl (C=O) groups is 1. The number of ether oxygens (including phenoxy) is 2. The molecule has 1 unspecified atom stereocenters. The monoisotopic (exact) mass is 468 g/mol. The molecule has 0 aromatic heterocycles. The lowest BCUT2D eigenvalue weighted by molar-refractivity contribution is -0.174. The fourth-order valence-corrected chi connectivity index (χ4v) is 4.72. The van der Waals surface area contributed by atoms with Crippen LogP contribution in [0, 0.1) is 0 Å². The molecule has 0 radical (unpaired) electrons. The number of unbranched alkanes of at least 4 members (excludes halogenated alkanes) is 18. The van der Waals surface area contributed by atoms with Crippen molar-refractivity contribution in [2.45, 2.75) is 175 Å². The summed E-state index contributed by atoms with van der Waals surface area (Å²) < 4.78 is 11.5. The maximum absolute atomic E-state index is 12.7. The Bertz CT molecular complexity index is 409. The van der Waals surface area contributed by atoms with E-state index in [2.05, 4.69) is 20.8 Å². The highest BCUT2D eigenvalue weighted by Crippen LogP contribution is 2.26. The van der Waals surface area contributed by atoms with Gasteiger partial charge in [-0.3, -0.25) is 0 Å². The van der Waals surface area contributed by atoms with Crippen molar-refractivity contribution in [1.82, 2.24) is 0 Å². The Kier molecular flexibility index (Phi) is 24.1. The molecule has 0 N–H and O–H groups in total. The second-order valence-electron chi connectivity index (χ2n) is 10.0. The van der Waals surface area contributed by atoms with Crippen LogP contribution >= 0.6 is 0 Å². The van der Waals surface area contributed by atoms with Crippen LogP contribution in [0.2, 0.25) is 0 Å². The predicted molar refractivity (Wildman–Crippen MR) is 144 cm³/mol. The van der Waals surface area contributed by atoms with E-state index in [1.165, 1.54) is 103 Å². The van der Waals surface area contributed by atoms with E-state index in [9.17, 15) is 4.79 Å². The van der Waals surface area contributed by atoms with Gasteiger partial charge in [0, 0.05) is 6.61 Å². The second kappa shape index (κ2) is 24.6.